The average molecular weight is 209 g/mol. The van der Waals surface area contributed by atoms with Crippen molar-refractivity contribution in [3.05, 3.63) is 17.5 Å². The van der Waals surface area contributed by atoms with Gasteiger partial charge in [0.25, 0.3) is 0 Å². The van der Waals surface area contributed by atoms with E-state index < -0.39 is 5.97 Å². The Morgan fingerprint density at radius 3 is 3.07 bits per heavy atom. The lowest BCUT2D eigenvalue weighted by Crippen LogP contribution is -2.14. The summed E-state index contributed by atoms with van der Waals surface area (Å²) >= 11 is 0. The number of rotatable bonds is 2. The quantitative estimate of drug-likeness (QED) is 0.813. The molecule has 0 radical (unpaired) electrons. The van der Waals surface area contributed by atoms with Gasteiger partial charge >= 0.3 is 5.97 Å². The fourth-order valence-electron chi connectivity index (χ4n) is 2.38. The predicted octanol–water partition coefficient (Wildman–Crippen LogP) is 2.67. The molecule has 0 bridgehead atoms. The summed E-state index contributed by atoms with van der Waals surface area (Å²) in [4.78, 5) is 10.9. The summed E-state index contributed by atoms with van der Waals surface area (Å²) < 4.78 is 4.76. The zero-order valence-corrected chi connectivity index (χ0v) is 8.77. The molecule has 1 heterocycles. The molecule has 2 rings (SSSR count). The molecule has 15 heavy (non-hydrogen) atoms. The van der Waals surface area contributed by atoms with Gasteiger partial charge in [-0.2, -0.15) is 0 Å². The van der Waals surface area contributed by atoms with Crippen molar-refractivity contribution in [1.29, 1.82) is 0 Å². The van der Waals surface area contributed by atoms with Crippen molar-refractivity contribution in [2.45, 2.75) is 38.5 Å². The number of aromatic nitrogens is 1. The van der Waals surface area contributed by atoms with Gasteiger partial charge in [-0.25, -0.2) is 4.79 Å². The summed E-state index contributed by atoms with van der Waals surface area (Å²) in [7, 11) is 0. The average Bonchev–Trinajstić information content (AvgIpc) is 2.65. The van der Waals surface area contributed by atoms with Crippen molar-refractivity contribution < 1.29 is 14.4 Å². The zero-order chi connectivity index (χ0) is 10.8. The van der Waals surface area contributed by atoms with Gasteiger partial charge in [0.1, 0.15) is 17.5 Å². The summed E-state index contributed by atoms with van der Waals surface area (Å²) in [6.45, 7) is 2.20. The van der Waals surface area contributed by atoms with E-state index in [1.807, 2.05) is 0 Å². The van der Waals surface area contributed by atoms with E-state index in [0.29, 0.717) is 11.6 Å². The third kappa shape index (κ3) is 2.03. The van der Waals surface area contributed by atoms with Gasteiger partial charge in [0.15, 0.2) is 0 Å². The van der Waals surface area contributed by atoms with Crippen molar-refractivity contribution >= 4 is 5.97 Å². The topological polar surface area (TPSA) is 63.3 Å². The minimum Gasteiger partial charge on any atom is -0.478 e. The standard InChI is InChI=1S/C11H15NO3/c1-7-3-2-4-8(5-7)10-9(11(13)14)6-15-12-10/h6-8H,2-5H2,1H3,(H,13,14)/t7-,8-/m1/s1. The van der Waals surface area contributed by atoms with E-state index in [0.717, 1.165) is 19.3 Å². The molecule has 1 aliphatic rings. The van der Waals surface area contributed by atoms with Crippen LogP contribution in [0, 0.1) is 5.92 Å². The first-order valence-electron chi connectivity index (χ1n) is 5.36. The monoisotopic (exact) mass is 209 g/mol. The maximum atomic E-state index is 10.9. The maximum Gasteiger partial charge on any atom is 0.340 e. The molecule has 1 saturated carbocycles. The Bertz CT molecular complexity index is 358. The van der Waals surface area contributed by atoms with Crippen LogP contribution >= 0.6 is 0 Å². The molecule has 0 unspecified atom stereocenters. The number of nitrogens with zero attached hydrogens (tertiary/aromatic N) is 1. The van der Waals surface area contributed by atoms with Gasteiger partial charge in [-0.1, -0.05) is 24.9 Å². The molecular formula is C11H15NO3. The van der Waals surface area contributed by atoms with Crippen LogP contribution in [0.15, 0.2) is 10.8 Å². The van der Waals surface area contributed by atoms with Gasteiger partial charge in [-0.3, -0.25) is 0 Å². The van der Waals surface area contributed by atoms with Gasteiger partial charge < -0.3 is 9.63 Å². The maximum absolute atomic E-state index is 10.9. The highest BCUT2D eigenvalue weighted by atomic mass is 16.5. The Kier molecular flexibility index (Phi) is 2.75. The second-order valence-electron chi connectivity index (χ2n) is 4.39. The second-order valence-corrected chi connectivity index (χ2v) is 4.39. The van der Waals surface area contributed by atoms with Gasteiger partial charge in [0, 0.05) is 5.92 Å². The first-order chi connectivity index (χ1) is 7.18. The molecule has 4 heteroatoms. The highest BCUT2D eigenvalue weighted by Crippen LogP contribution is 2.36. The SMILES string of the molecule is C[C@@H]1CCC[C@@H](c2nocc2C(=O)O)C1. The van der Waals surface area contributed by atoms with Crippen LogP contribution in [0.3, 0.4) is 0 Å². The molecule has 0 spiro atoms. The number of carboxylic acids is 1. The van der Waals surface area contributed by atoms with E-state index in [4.69, 9.17) is 9.63 Å². The Balaban J connectivity index is 2.21. The minimum atomic E-state index is -0.940. The lowest BCUT2D eigenvalue weighted by Gasteiger charge is -2.25. The largest absolute Gasteiger partial charge is 0.478 e. The normalized spacial score (nSPS) is 26.5. The second kappa shape index (κ2) is 4.04. The molecule has 4 nitrogen and oxygen atoms in total. The van der Waals surface area contributed by atoms with Crippen molar-refractivity contribution in [1.82, 2.24) is 5.16 Å². The summed E-state index contributed by atoms with van der Waals surface area (Å²) in [6, 6.07) is 0. The highest BCUT2D eigenvalue weighted by molar-refractivity contribution is 5.88. The third-order valence-electron chi connectivity index (χ3n) is 3.15. The van der Waals surface area contributed by atoms with Crippen molar-refractivity contribution in [3.63, 3.8) is 0 Å². The zero-order valence-electron chi connectivity index (χ0n) is 8.77. The van der Waals surface area contributed by atoms with Gasteiger partial charge in [-0.15, -0.1) is 0 Å². The lowest BCUT2D eigenvalue weighted by atomic mass is 9.80. The number of aromatic carboxylic acids is 1. The Morgan fingerprint density at radius 2 is 2.40 bits per heavy atom. The van der Waals surface area contributed by atoms with Gasteiger partial charge in [-0.05, 0) is 18.8 Å². The summed E-state index contributed by atoms with van der Waals surface area (Å²) in [6.07, 6.45) is 5.66. The number of hydrogen-bond acceptors (Lipinski definition) is 3. The predicted molar refractivity (Wildman–Crippen MR) is 53.8 cm³/mol. The van der Waals surface area contributed by atoms with Crippen LogP contribution in [0.4, 0.5) is 0 Å². The summed E-state index contributed by atoms with van der Waals surface area (Å²) in [5, 5.41) is 12.8. The van der Waals surface area contributed by atoms with E-state index in [1.165, 1.54) is 12.7 Å². The number of carbonyl (C=O) groups is 1. The van der Waals surface area contributed by atoms with E-state index in [9.17, 15) is 4.79 Å². The third-order valence-corrected chi connectivity index (χ3v) is 3.15. The molecule has 1 aromatic heterocycles. The van der Waals surface area contributed by atoms with Gasteiger partial charge in [0.2, 0.25) is 0 Å². The van der Waals surface area contributed by atoms with Gasteiger partial charge in [0.05, 0.1) is 0 Å². The Labute approximate surface area is 88.3 Å². The molecule has 1 aromatic rings. The van der Waals surface area contributed by atoms with E-state index in [1.54, 1.807) is 0 Å². The number of carboxylic acid groups (broad SMARTS) is 1. The lowest BCUT2D eigenvalue weighted by molar-refractivity contribution is 0.0694. The van der Waals surface area contributed by atoms with Crippen LogP contribution in [0.25, 0.3) is 0 Å². The van der Waals surface area contributed by atoms with Crippen LogP contribution in [0.5, 0.6) is 0 Å². The Morgan fingerprint density at radius 1 is 1.60 bits per heavy atom. The first-order valence-corrected chi connectivity index (χ1v) is 5.36. The number of hydrogen-bond donors (Lipinski definition) is 1. The van der Waals surface area contributed by atoms with E-state index >= 15 is 0 Å². The molecular weight excluding hydrogens is 194 g/mol. The van der Waals surface area contributed by atoms with Crippen LogP contribution in [-0.2, 0) is 0 Å². The highest BCUT2D eigenvalue weighted by Gasteiger charge is 2.27. The van der Waals surface area contributed by atoms with E-state index in [2.05, 4.69) is 12.1 Å². The van der Waals surface area contributed by atoms with Crippen LogP contribution < -0.4 is 0 Å². The van der Waals surface area contributed by atoms with Crippen molar-refractivity contribution in [2.24, 2.45) is 5.92 Å². The molecule has 1 fully saturated rings. The molecule has 0 aromatic carbocycles. The fraction of sp³-hybridized carbons (Fsp3) is 0.636. The smallest absolute Gasteiger partial charge is 0.340 e. The van der Waals surface area contributed by atoms with E-state index in [-0.39, 0.29) is 11.5 Å². The Hall–Kier alpha value is -1.32. The fourth-order valence-corrected chi connectivity index (χ4v) is 2.38. The first kappa shape index (κ1) is 10.2. The van der Waals surface area contributed by atoms with Crippen LogP contribution in [0.1, 0.15) is 54.6 Å². The van der Waals surface area contributed by atoms with Crippen LogP contribution in [-0.4, -0.2) is 16.2 Å². The van der Waals surface area contributed by atoms with Crippen molar-refractivity contribution in [2.75, 3.05) is 0 Å². The summed E-state index contributed by atoms with van der Waals surface area (Å²) in [5.41, 5.74) is 0.864. The van der Waals surface area contributed by atoms with Crippen molar-refractivity contribution in [3.8, 4) is 0 Å². The minimum absolute atomic E-state index is 0.231. The van der Waals surface area contributed by atoms with Crippen LogP contribution in [0.2, 0.25) is 0 Å². The molecule has 82 valence electrons. The molecule has 0 amide bonds. The summed E-state index contributed by atoms with van der Waals surface area (Å²) in [5.74, 6) is -0.0230. The molecule has 2 atom stereocenters. The molecule has 0 saturated heterocycles. The molecule has 1 aliphatic carbocycles. The molecule has 1 N–H and O–H groups in total. The molecule has 0 aliphatic heterocycles.